The van der Waals surface area contributed by atoms with E-state index in [0.717, 1.165) is 0 Å². The molecule has 1 aliphatic heterocycles. The number of hydrogen-bond acceptors (Lipinski definition) is 4. The van der Waals surface area contributed by atoms with Crippen molar-refractivity contribution in [2.45, 2.75) is 0 Å². The first kappa shape index (κ1) is 18.9. The largest absolute Gasteiger partial charge is 0.483 e. The summed E-state index contributed by atoms with van der Waals surface area (Å²) in [5.74, 6) is 0.140. The summed E-state index contributed by atoms with van der Waals surface area (Å²) >= 11 is 5.85. The lowest BCUT2D eigenvalue weighted by atomic mass is 10.2. The van der Waals surface area contributed by atoms with Gasteiger partial charge in [-0.25, -0.2) is 0 Å². The Kier molecular flexibility index (Phi) is 6.08. The van der Waals surface area contributed by atoms with Crippen molar-refractivity contribution in [2.24, 2.45) is 0 Å². The molecule has 27 heavy (non-hydrogen) atoms. The molecule has 1 aliphatic rings. The van der Waals surface area contributed by atoms with E-state index in [-0.39, 0.29) is 18.4 Å². The summed E-state index contributed by atoms with van der Waals surface area (Å²) in [5, 5.41) is 0.582. The van der Waals surface area contributed by atoms with Crippen LogP contribution >= 0.6 is 11.6 Å². The second-order valence-electron chi connectivity index (χ2n) is 6.12. The van der Waals surface area contributed by atoms with Gasteiger partial charge in [0.15, 0.2) is 12.9 Å². The molecule has 0 spiro atoms. The van der Waals surface area contributed by atoms with Gasteiger partial charge in [0.2, 0.25) is 0 Å². The fraction of sp³-hybridized carbons (Fsp3) is 0.250. The average molecular weight is 387 g/mol. The Labute approximate surface area is 162 Å². The normalized spacial score (nSPS) is 14.0. The Bertz CT molecular complexity index is 830. The molecule has 0 unspecified atom stereocenters. The maximum atomic E-state index is 12.5. The third-order valence-electron chi connectivity index (χ3n) is 4.41. The van der Waals surface area contributed by atoms with E-state index in [4.69, 9.17) is 16.3 Å². The van der Waals surface area contributed by atoms with Crippen LogP contribution in [0.3, 0.4) is 0 Å². The van der Waals surface area contributed by atoms with E-state index in [2.05, 4.69) is 0 Å². The van der Waals surface area contributed by atoms with Crippen molar-refractivity contribution < 1.29 is 19.1 Å². The van der Waals surface area contributed by atoms with Gasteiger partial charge in [-0.15, -0.1) is 0 Å². The molecule has 7 heteroatoms. The first-order valence-corrected chi connectivity index (χ1v) is 8.96. The quantitative estimate of drug-likeness (QED) is 0.740. The number of nitrogens with zero attached hydrogens (tertiary/aromatic N) is 2. The zero-order valence-electron chi connectivity index (χ0n) is 14.6. The maximum Gasteiger partial charge on any atom is 0.260 e. The highest BCUT2D eigenvalue weighted by Crippen LogP contribution is 2.16. The zero-order valence-corrected chi connectivity index (χ0v) is 15.4. The molecule has 1 fully saturated rings. The summed E-state index contributed by atoms with van der Waals surface area (Å²) in [6.45, 7) is 1.65. The zero-order chi connectivity index (χ0) is 19.2. The Hall–Kier alpha value is -2.86. The van der Waals surface area contributed by atoms with Crippen molar-refractivity contribution >= 4 is 29.7 Å². The first-order chi connectivity index (χ1) is 13.1. The fourth-order valence-electron chi connectivity index (χ4n) is 2.87. The minimum atomic E-state index is -0.172. The van der Waals surface area contributed by atoms with Gasteiger partial charge in [0, 0.05) is 36.8 Å². The number of piperazine rings is 1. The predicted octanol–water partition coefficient (Wildman–Crippen LogP) is 2.52. The molecular formula is C20H19ClN2O4. The molecule has 6 nitrogen and oxygen atoms in total. The molecule has 140 valence electrons. The number of para-hydroxylation sites is 1. The molecule has 0 aliphatic carbocycles. The predicted molar refractivity (Wildman–Crippen MR) is 101 cm³/mol. The monoisotopic (exact) mass is 386 g/mol. The van der Waals surface area contributed by atoms with Crippen LogP contribution in [0.1, 0.15) is 20.7 Å². The molecule has 2 aromatic carbocycles. The molecular weight excluding hydrogens is 368 g/mol. The van der Waals surface area contributed by atoms with Crippen molar-refractivity contribution in [1.29, 1.82) is 0 Å². The van der Waals surface area contributed by atoms with Crippen LogP contribution in [0.2, 0.25) is 5.02 Å². The third kappa shape index (κ3) is 4.65. The fourth-order valence-corrected chi connectivity index (χ4v) is 3.00. The van der Waals surface area contributed by atoms with Gasteiger partial charge in [0.1, 0.15) is 5.75 Å². The van der Waals surface area contributed by atoms with Gasteiger partial charge in [0.05, 0.1) is 5.56 Å². The molecule has 0 bridgehead atoms. The Balaban J connectivity index is 1.51. The number of aldehydes is 1. The van der Waals surface area contributed by atoms with Gasteiger partial charge in [-0.05, 0) is 36.4 Å². The van der Waals surface area contributed by atoms with Crippen LogP contribution in [-0.4, -0.2) is 60.7 Å². The van der Waals surface area contributed by atoms with E-state index in [9.17, 15) is 14.4 Å². The molecule has 1 heterocycles. The van der Waals surface area contributed by atoms with Crippen LogP contribution in [0.4, 0.5) is 0 Å². The standard InChI is InChI=1S/C20H19ClN2O4/c21-17-7-5-15(6-8-17)20(26)23-11-9-22(10-12-23)19(25)14-27-18-4-2-1-3-16(18)13-24/h1-8,13H,9-12,14H2. The van der Waals surface area contributed by atoms with E-state index in [1.807, 2.05) is 0 Å². The molecule has 0 aromatic heterocycles. The smallest absolute Gasteiger partial charge is 0.260 e. The Morgan fingerprint density at radius 3 is 2.26 bits per heavy atom. The number of amides is 2. The van der Waals surface area contributed by atoms with Gasteiger partial charge in [-0.1, -0.05) is 23.7 Å². The maximum absolute atomic E-state index is 12.5. The van der Waals surface area contributed by atoms with E-state index in [1.165, 1.54) is 0 Å². The van der Waals surface area contributed by atoms with Crippen LogP contribution in [0.5, 0.6) is 5.75 Å². The van der Waals surface area contributed by atoms with Gasteiger partial charge in [0.25, 0.3) is 11.8 Å². The molecule has 2 aromatic rings. The number of rotatable bonds is 5. The van der Waals surface area contributed by atoms with E-state index >= 15 is 0 Å². The van der Waals surface area contributed by atoms with Crippen LogP contribution in [-0.2, 0) is 4.79 Å². The highest BCUT2D eigenvalue weighted by molar-refractivity contribution is 6.30. The third-order valence-corrected chi connectivity index (χ3v) is 4.66. The summed E-state index contributed by atoms with van der Waals surface area (Å²) in [4.78, 5) is 39.2. The summed E-state index contributed by atoms with van der Waals surface area (Å²) in [7, 11) is 0. The second-order valence-corrected chi connectivity index (χ2v) is 6.56. The number of carbonyl (C=O) groups is 3. The summed E-state index contributed by atoms with van der Waals surface area (Å²) < 4.78 is 5.48. The minimum absolute atomic E-state index is 0.0741. The Morgan fingerprint density at radius 1 is 0.963 bits per heavy atom. The van der Waals surface area contributed by atoms with Crippen LogP contribution in [0.15, 0.2) is 48.5 Å². The second kappa shape index (κ2) is 8.68. The van der Waals surface area contributed by atoms with Gasteiger partial charge in [-0.2, -0.15) is 0 Å². The van der Waals surface area contributed by atoms with Gasteiger partial charge in [-0.3, -0.25) is 14.4 Å². The molecule has 0 atom stereocenters. The van der Waals surface area contributed by atoms with Crippen molar-refractivity contribution in [3.05, 3.63) is 64.7 Å². The molecule has 1 saturated heterocycles. The topological polar surface area (TPSA) is 66.9 Å². The van der Waals surface area contributed by atoms with E-state index in [1.54, 1.807) is 58.3 Å². The molecule has 0 radical (unpaired) electrons. The summed E-state index contributed by atoms with van der Waals surface area (Å²) in [6.07, 6.45) is 0.695. The molecule has 0 N–H and O–H groups in total. The van der Waals surface area contributed by atoms with Gasteiger partial charge >= 0.3 is 0 Å². The molecule has 3 rings (SSSR count). The average Bonchev–Trinajstić information content (AvgIpc) is 2.72. The summed E-state index contributed by atoms with van der Waals surface area (Å²) in [6, 6.07) is 13.5. The lowest BCUT2D eigenvalue weighted by Crippen LogP contribution is -2.51. The molecule has 2 amide bonds. The number of carbonyl (C=O) groups excluding carboxylic acids is 3. The van der Waals surface area contributed by atoms with Crippen LogP contribution in [0, 0.1) is 0 Å². The highest BCUT2D eigenvalue weighted by Gasteiger charge is 2.25. The van der Waals surface area contributed by atoms with E-state index < -0.39 is 0 Å². The number of benzene rings is 2. The highest BCUT2D eigenvalue weighted by atomic mass is 35.5. The Morgan fingerprint density at radius 2 is 1.59 bits per heavy atom. The van der Waals surface area contributed by atoms with E-state index in [0.29, 0.717) is 54.4 Å². The van der Waals surface area contributed by atoms with Gasteiger partial charge < -0.3 is 14.5 Å². The van der Waals surface area contributed by atoms with Crippen molar-refractivity contribution in [3.8, 4) is 5.75 Å². The lowest BCUT2D eigenvalue weighted by Gasteiger charge is -2.34. The van der Waals surface area contributed by atoms with Crippen LogP contribution < -0.4 is 4.74 Å². The summed E-state index contributed by atoms with van der Waals surface area (Å²) in [5.41, 5.74) is 0.983. The minimum Gasteiger partial charge on any atom is -0.483 e. The van der Waals surface area contributed by atoms with Crippen molar-refractivity contribution in [1.82, 2.24) is 9.80 Å². The number of ether oxygens (including phenoxy) is 1. The van der Waals surface area contributed by atoms with Crippen molar-refractivity contribution in [3.63, 3.8) is 0 Å². The van der Waals surface area contributed by atoms with Crippen LogP contribution in [0.25, 0.3) is 0 Å². The van der Waals surface area contributed by atoms with Crippen molar-refractivity contribution in [2.75, 3.05) is 32.8 Å². The number of hydrogen-bond donors (Lipinski definition) is 0. The lowest BCUT2D eigenvalue weighted by molar-refractivity contribution is -0.134. The molecule has 0 saturated carbocycles. The first-order valence-electron chi connectivity index (χ1n) is 8.58. The number of halogens is 1. The SMILES string of the molecule is O=Cc1ccccc1OCC(=O)N1CCN(C(=O)c2ccc(Cl)cc2)CC1.